The quantitative estimate of drug-likeness (QED) is 0.318. The van der Waals surface area contributed by atoms with Gasteiger partial charge in [0.15, 0.2) is 5.82 Å². The molecule has 1 amide bonds. The largest absolute Gasteiger partial charge is 0.446 e. The van der Waals surface area contributed by atoms with Gasteiger partial charge in [-0.2, -0.15) is 5.10 Å². The van der Waals surface area contributed by atoms with Crippen molar-refractivity contribution in [2.75, 3.05) is 25.4 Å². The van der Waals surface area contributed by atoms with Gasteiger partial charge in [0.1, 0.15) is 11.9 Å². The SMILES string of the molecule is CCN(CC)CCCS(=O)(=O)N[C@H](CCc1ccccc1)c1nc(CNC(=O)OC2CCCCC2)n[nH]1. The highest BCUT2D eigenvalue weighted by Crippen LogP contribution is 2.21. The zero-order valence-corrected chi connectivity index (χ0v) is 22.9. The van der Waals surface area contributed by atoms with Crippen molar-refractivity contribution >= 4 is 16.1 Å². The number of aromatic nitrogens is 3. The number of H-pyrrole nitrogens is 1. The molecule has 206 valence electrons. The number of aromatic amines is 1. The molecule has 1 heterocycles. The van der Waals surface area contributed by atoms with Gasteiger partial charge in [-0.05, 0) is 70.1 Å². The lowest BCUT2D eigenvalue weighted by atomic mass is 9.98. The van der Waals surface area contributed by atoms with Crippen LogP contribution in [-0.4, -0.2) is 66.1 Å². The van der Waals surface area contributed by atoms with Crippen LogP contribution in [0.4, 0.5) is 4.79 Å². The van der Waals surface area contributed by atoms with Crippen LogP contribution in [0, 0.1) is 0 Å². The summed E-state index contributed by atoms with van der Waals surface area (Å²) in [6, 6.07) is 9.36. The summed E-state index contributed by atoms with van der Waals surface area (Å²) in [7, 11) is -3.53. The maximum absolute atomic E-state index is 12.9. The van der Waals surface area contributed by atoms with Gasteiger partial charge >= 0.3 is 6.09 Å². The van der Waals surface area contributed by atoms with Crippen LogP contribution >= 0.6 is 0 Å². The number of carbonyl (C=O) groups is 1. The van der Waals surface area contributed by atoms with Crippen LogP contribution in [0.5, 0.6) is 0 Å². The minimum absolute atomic E-state index is 0.0324. The first-order valence-corrected chi connectivity index (χ1v) is 15.2. The van der Waals surface area contributed by atoms with Crippen molar-refractivity contribution < 1.29 is 17.9 Å². The second-order valence-corrected chi connectivity index (χ2v) is 11.4. The molecule has 0 spiro atoms. The molecule has 1 aliphatic rings. The van der Waals surface area contributed by atoms with Crippen molar-refractivity contribution in [2.24, 2.45) is 0 Å². The summed E-state index contributed by atoms with van der Waals surface area (Å²) >= 11 is 0. The van der Waals surface area contributed by atoms with E-state index in [-0.39, 0.29) is 18.4 Å². The Kier molecular flexibility index (Phi) is 11.8. The maximum atomic E-state index is 12.9. The van der Waals surface area contributed by atoms with Crippen molar-refractivity contribution in [1.82, 2.24) is 30.1 Å². The van der Waals surface area contributed by atoms with E-state index in [1.807, 2.05) is 30.3 Å². The van der Waals surface area contributed by atoms with E-state index in [0.29, 0.717) is 30.9 Å². The standard InChI is InChI=1S/C26H42N6O4S/c1-3-32(4-2)18-11-19-37(34,35)31-23(17-16-21-12-7-5-8-13-21)25-28-24(29-30-25)20-27-26(33)36-22-14-9-6-10-15-22/h5,7-8,12-13,22-23,31H,3-4,6,9-11,14-20H2,1-2H3,(H,27,33)(H,28,29,30)/t23-/m1/s1. The first-order chi connectivity index (χ1) is 17.9. The number of sulfonamides is 1. The number of hydrogen-bond donors (Lipinski definition) is 3. The van der Waals surface area contributed by atoms with E-state index in [1.165, 1.54) is 6.42 Å². The first-order valence-electron chi connectivity index (χ1n) is 13.5. The number of nitrogens with one attached hydrogen (secondary N) is 3. The van der Waals surface area contributed by atoms with Gasteiger partial charge in [0.2, 0.25) is 10.0 Å². The molecule has 37 heavy (non-hydrogen) atoms. The number of amides is 1. The lowest BCUT2D eigenvalue weighted by molar-refractivity contribution is 0.0748. The fraction of sp³-hybridized carbons (Fsp3) is 0.654. The molecule has 1 saturated carbocycles. The minimum Gasteiger partial charge on any atom is -0.446 e. The minimum atomic E-state index is -3.53. The second kappa shape index (κ2) is 15.0. The summed E-state index contributed by atoms with van der Waals surface area (Å²) < 4.78 is 34.2. The molecule has 1 aromatic heterocycles. The second-order valence-electron chi connectivity index (χ2n) is 9.55. The Hall–Kier alpha value is -2.50. The van der Waals surface area contributed by atoms with Crippen molar-refractivity contribution in [3.05, 3.63) is 47.5 Å². The Morgan fingerprint density at radius 1 is 1.16 bits per heavy atom. The van der Waals surface area contributed by atoms with Gasteiger partial charge in [0.05, 0.1) is 18.3 Å². The Labute approximate surface area is 221 Å². The Balaban J connectivity index is 1.59. The number of rotatable bonds is 15. The predicted octanol–water partition coefficient (Wildman–Crippen LogP) is 3.69. The highest BCUT2D eigenvalue weighted by atomic mass is 32.2. The fourth-order valence-electron chi connectivity index (χ4n) is 4.57. The molecule has 0 bridgehead atoms. The summed E-state index contributed by atoms with van der Waals surface area (Å²) in [6.45, 7) is 6.77. The lowest BCUT2D eigenvalue weighted by Crippen LogP contribution is -2.33. The summed E-state index contributed by atoms with van der Waals surface area (Å²) in [5.74, 6) is 0.850. The fourth-order valence-corrected chi connectivity index (χ4v) is 5.86. The summed E-state index contributed by atoms with van der Waals surface area (Å²) in [4.78, 5) is 18.9. The van der Waals surface area contributed by atoms with Gasteiger partial charge in [-0.3, -0.25) is 5.10 Å². The van der Waals surface area contributed by atoms with Crippen LogP contribution in [0.25, 0.3) is 0 Å². The van der Waals surface area contributed by atoms with Crippen molar-refractivity contribution in [1.29, 1.82) is 0 Å². The molecule has 10 nitrogen and oxygen atoms in total. The van der Waals surface area contributed by atoms with Crippen LogP contribution in [0.2, 0.25) is 0 Å². The van der Waals surface area contributed by atoms with E-state index in [9.17, 15) is 13.2 Å². The number of aryl methyl sites for hydroxylation is 1. The zero-order chi connectivity index (χ0) is 26.5. The first kappa shape index (κ1) is 29.1. The average molecular weight is 535 g/mol. The molecule has 11 heteroatoms. The van der Waals surface area contributed by atoms with E-state index in [0.717, 1.165) is 50.9 Å². The highest BCUT2D eigenvalue weighted by molar-refractivity contribution is 7.89. The third-order valence-electron chi connectivity index (χ3n) is 6.76. The van der Waals surface area contributed by atoms with E-state index in [1.54, 1.807) is 0 Å². The molecule has 0 unspecified atom stereocenters. The van der Waals surface area contributed by atoms with Crippen molar-refractivity contribution in [2.45, 2.75) is 83.9 Å². The molecule has 3 rings (SSSR count). The lowest BCUT2D eigenvalue weighted by Gasteiger charge is -2.21. The molecule has 0 aliphatic heterocycles. The monoisotopic (exact) mass is 534 g/mol. The van der Waals surface area contributed by atoms with Crippen molar-refractivity contribution in [3.63, 3.8) is 0 Å². The molecule has 1 fully saturated rings. The number of nitrogens with zero attached hydrogens (tertiary/aromatic N) is 3. The third-order valence-corrected chi connectivity index (χ3v) is 8.23. The summed E-state index contributed by atoms with van der Waals surface area (Å²) in [5.41, 5.74) is 1.11. The van der Waals surface area contributed by atoms with Gasteiger partial charge in [-0.15, -0.1) is 0 Å². The van der Waals surface area contributed by atoms with Crippen molar-refractivity contribution in [3.8, 4) is 0 Å². The highest BCUT2D eigenvalue weighted by Gasteiger charge is 2.23. The summed E-state index contributed by atoms with van der Waals surface area (Å²) in [5, 5.41) is 9.78. The van der Waals surface area contributed by atoms with Crippen LogP contribution in [0.1, 0.15) is 82.0 Å². The smallest absolute Gasteiger partial charge is 0.407 e. The van der Waals surface area contributed by atoms with E-state index in [2.05, 4.69) is 44.0 Å². The molecular formula is C26H42N6O4S. The Morgan fingerprint density at radius 2 is 1.89 bits per heavy atom. The topological polar surface area (TPSA) is 129 Å². The van der Waals surface area contributed by atoms with Gasteiger partial charge in [-0.25, -0.2) is 22.9 Å². The number of alkyl carbamates (subject to hydrolysis) is 1. The molecule has 3 N–H and O–H groups in total. The Morgan fingerprint density at radius 3 is 2.59 bits per heavy atom. The van der Waals surface area contributed by atoms with E-state index >= 15 is 0 Å². The third kappa shape index (κ3) is 10.4. The molecule has 1 aliphatic carbocycles. The molecule has 0 saturated heterocycles. The number of ether oxygens (including phenoxy) is 1. The average Bonchev–Trinajstić information content (AvgIpc) is 3.38. The zero-order valence-electron chi connectivity index (χ0n) is 22.1. The van der Waals surface area contributed by atoms with Gasteiger partial charge in [0.25, 0.3) is 0 Å². The van der Waals surface area contributed by atoms with Crippen LogP contribution in [-0.2, 0) is 27.7 Å². The molecule has 1 atom stereocenters. The number of hydrogen-bond acceptors (Lipinski definition) is 7. The van der Waals surface area contributed by atoms with Crippen LogP contribution in [0.15, 0.2) is 30.3 Å². The van der Waals surface area contributed by atoms with Crippen LogP contribution in [0.3, 0.4) is 0 Å². The van der Waals surface area contributed by atoms with Crippen LogP contribution < -0.4 is 10.0 Å². The number of carbonyl (C=O) groups excluding carboxylic acids is 1. The maximum Gasteiger partial charge on any atom is 0.407 e. The van der Waals surface area contributed by atoms with E-state index in [4.69, 9.17) is 4.74 Å². The molecule has 1 aromatic carbocycles. The Bertz CT molecular complexity index is 1040. The molecule has 2 aromatic rings. The predicted molar refractivity (Wildman–Crippen MR) is 143 cm³/mol. The van der Waals surface area contributed by atoms with Gasteiger partial charge < -0.3 is 15.0 Å². The molecule has 0 radical (unpaired) electrons. The van der Waals surface area contributed by atoms with Gasteiger partial charge in [0, 0.05) is 0 Å². The van der Waals surface area contributed by atoms with E-state index < -0.39 is 22.2 Å². The molecular weight excluding hydrogens is 492 g/mol. The number of benzene rings is 1. The normalized spacial score (nSPS) is 15.5. The summed E-state index contributed by atoms with van der Waals surface area (Å²) in [6.07, 6.45) is 6.38. The van der Waals surface area contributed by atoms with Gasteiger partial charge in [-0.1, -0.05) is 50.6 Å².